The first kappa shape index (κ1) is 14.3. The van der Waals surface area contributed by atoms with Gasteiger partial charge in [0, 0.05) is 25.4 Å². The SMILES string of the molecule is O=C(CCCCCn1ccnc1)OCc1ccccc1. The largest absolute Gasteiger partial charge is 0.461 e. The van der Waals surface area contributed by atoms with Gasteiger partial charge in [-0.1, -0.05) is 36.8 Å². The number of unbranched alkanes of at least 4 members (excludes halogenated alkanes) is 2. The molecule has 1 heterocycles. The van der Waals surface area contributed by atoms with Gasteiger partial charge >= 0.3 is 5.97 Å². The number of ether oxygens (including phenoxy) is 1. The summed E-state index contributed by atoms with van der Waals surface area (Å²) in [6.07, 6.45) is 9.00. The monoisotopic (exact) mass is 272 g/mol. The van der Waals surface area contributed by atoms with Crippen molar-refractivity contribution in [3.8, 4) is 0 Å². The van der Waals surface area contributed by atoms with E-state index in [4.69, 9.17) is 4.74 Å². The van der Waals surface area contributed by atoms with E-state index in [9.17, 15) is 4.79 Å². The highest BCUT2D eigenvalue weighted by Gasteiger charge is 2.03. The standard InChI is InChI=1S/C16H20N2O2/c19-16(20-13-15-7-3-1-4-8-15)9-5-2-6-11-18-12-10-17-14-18/h1,3-4,7-8,10,12,14H,2,5-6,9,11,13H2. The second-order valence-electron chi connectivity index (χ2n) is 4.76. The molecule has 0 unspecified atom stereocenters. The predicted molar refractivity (Wildman–Crippen MR) is 76.9 cm³/mol. The Balaban J connectivity index is 1.52. The topological polar surface area (TPSA) is 44.1 Å². The van der Waals surface area contributed by atoms with Crippen LogP contribution in [0.1, 0.15) is 31.2 Å². The molecule has 0 spiro atoms. The van der Waals surface area contributed by atoms with E-state index >= 15 is 0 Å². The molecule has 0 atom stereocenters. The fraction of sp³-hybridized carbons (Fsp3) is 0.375. The molecule has 0 radical (unpaired) electrons. The van der Waals surface area contributed by atoms with Gasteiger partial charge in [-0.25, -0.2) is 4.98 Å². The van der Waals surface area contributed by atoms with E-state index in [2.05, 4.69) is 4.98 Å². The van der Waals surface area contributed by atoms with Crippen LogP contribution in [0, 0.1) is 0 Å². The van der Waals surface area contributed by atoms with Crippen molar-refractivity contribution < 1.29 is 9.53 Å². The minimum absolute atomic E-state index is 0.114. The Morgan fingerprint density at radius 1 is 1.15 bits per heavy atom. The number of esters is 1. The van der Waals surface area contributed by atoms with E-state index in [1.165, 1.54) is 0 Å². The number of nitrogens with zero attached hydrogens (tertiary/aromatic N) is 2. The normalized spacial score (nSPS) is 10.4. The molecule has 0 amide bonds. The lowest BCUT2D eigenvalue weighted by Crippen LogP contribution is -2.04. The van der Waals surface area contributed by atoms with Gasteiger partial charge in [0.2, 0.25) is 0 Å². The Morgan fingerprint density at radius 2 is 2.00 bits per heavy atom. The first-order valence-electron chi connectivity index (χ1n) is 7.00. The number of hydrogen-bond acceptors (Lipinski definition) is 3. The quantitative estimate of drug-likeness (QED) is 0.547. The molecule has 0 saturated heterocycles. The molecule has 1 aromatic carbocycles. The van der Waals surface area contributed by atoms with Crippen LogP contribution < -0.4 is 0 Å². The third-order valence-corrected chi connectivity index (χ3v) is 3.10. The smallest absolute Gasteiger partial charge is 0.306 e. The van der Waals surface area contributed by atoms with E-state index in [1.54, 1.807) is 6.20 Å². The van der Waals surface area contributed by atoms with E-state index in [1.807, 2.05) is 47.4 Å². The van der Waals surface area contributed by atoms with Crippen LogP contribution in [0.5, 0.6) is 0 Å². The van der Waals surface area contributed by atoms with Crippen molar-refractivity contribution in [1.29, 1.82) is 0 Å². The van der Waals surface area contributed by atoms with Gasteiger partial charge < -0.3 is 9.30 Å². The number of carbonyl (C=O) groups is 1. The van der Waals surface area contributed by atoms with E-state index in [0.29, 0.717) is 13.0 Å². The maximum atomic E-state index is 11.6. The van der Waals surface area contributed by atoms with Gasteiger partial charge in [-0.05, 0) is 18.4 Å². The summed E-state index contributed by atoms with van der Waals surface area (Å²) in [5, 5.41) is 0. The van der Waals surface area contributed by atoms with E-state index in [0.717, 1.165) is 31.4 Å². The number of hydrogen-bond donors (Lipinski definition) is 0. The van der Waals surface area contributed by atoms with Crippen molar-refractivity contribution in [3.63, 3.8) is 0 Å². The first-order valence-corrected chi connectivity index (χ1v) is 7.00. The first-order chi connectivity index (χ1) is 9.84. The molecule has 106 valence electrons. The predicted octanol–water partition coefficient (Wildman–Crippen LogP) is 3.19. The van der Waals surface area contributed by atoms with Crippen LogP contribution in [0.3, 0.4) is 0 Å². The van der Waals surface area contributed by atoms with Gasteiger partial charge in [0.1, 0.15) is 6.61 Å². The Labute approximate surface area is 119 Å². The van der Waals surface area contributed by atoms with E-state index < -0.39 is 0 Å². The van der Waals surface area contributed by atoms with Gasteiger partial charge in [0.25, 0.3) is 0 Å². The molecular formula is C16H20N2O2. The number of aryl methyl sites for hydroxylation is 1. The molecule has 4 nitrogen and oxygen atoms in total. The summed E-state index contributed by atoms with van der Waals surface area (Å²) in [5.41, 5.74) is 1.03. The highest BCUT2D eigenvalue weighted by atomic mass is 16.5. The Hall–Kier alpha value is -2.10. The molecule has 0 aliphatic heterocycles. The molecule has 2 rings (SSSR count). The van der Waals surface area contributed by atoms with E-state index in [-0.39, 0.29) is 5.97 Å². The van der Waals surface area contributed by atoms with Crippen LogP contribution >= 0.6 is 0 Å². The molecule has 0 bridgehead atoms. The number of benzene rings is 1. The minimum Gasteiger partial charge on any atom is -0.461 e. The zero-order chi connectivity index (χ0) is 14.0. The van der Waals surface area contributed by atoms with Crippen molar-refractivity contribution in [3.05, 3.63) is 54.6 Å². The summed E-state index contributed by atoms with van der Waals surface area (Å²) < 4.78 is 7.28. The highest BCUT2D eigenvalue weighted by Crippen LogP contribution is 2.06. The molecule has 2 aromatic rings. The maximum absolute atomic E-state index is 11.6. The molecule has 0 aliphatic rings. The Bertz CT molecular complexity index is 494. The van der Waals surface area contributed by atoms with Crippen LogP contribution in [0.4, 0.5) is 0 Å². The van der Waals surface area contributed by atoms with Gasteiger partial charge in [0.15, 0.2) is 0 Å². The zero-order valence-corrected chi connectivity index (χ0v) is 11.6. The lowest BCUT2D eigenvalue weighted by Gasteiger charge is -2.05. The number of rotatable bonds is 8. The lowest BCUT2D eigenvalue weighted by atomic mass is 10.2. The summed E-state index contributed by atoms with van der Waals surface area (Å²) in [7, 11) is 0. The second kappa shape index (κ2) is 8.15. The molecule has 20 heavy (non-hydrogen) atoms. The Kier molecular flexibility index (Phi) is 5.83. The molecule has 4 heteroatoms. The molecule has 0 aliphatic carbocycles. The average Bonchev–Trinajstić information content (AvgIpc) is 2.99. The number of carbonyl (C=O) groups excluding carboxylic acids is 1. The fourth-order valence-electron chi connectivity index (χ4n) is 1.97. The summed E-state index contributed by atoms with van der Waals surface area (Å²) in [5.74, 6) is -0.114. The van der Waals surface area contributed by atoms with Crippen molar-refractivity contribution in [1.82, 2.24) is 9.55 Å². The third-order valence-electron chi connectivity index (χ3n) is 3.10. The zero-order valence-electron chi connectivity index (χ0n) is 11.6. The van der Waals surface area contributed by atoms with Gasteiger partial charge in [-0.15, -0.1) is 0 Å². The number of imidazole rings is 1. The van der Waals surface area contributed by atoms with Crippen LogP contribution in [0.2, 0.25) is 0 Å². The number of aromatic nitrogens is 2. The van der Waals surface area contributed by atoms with Crippen molar-refractivity contribution >= 4 is 5.97 Å². The molecular weight excluding hydrogens is 252 g/mol. The summed E-state index contributed by atoms with van der Waals surface area (Å²) >= 11 is 0. The summed E-state index contributed by atoms with van der Waals surface area (Å²) in [6.45, 7) is 1.33. The maximum Gasteiger partial charge on any atom is 0.306 e. The second-order valence-corrected chi connectivity index (χ2v) is 4.76. The average molecular weight is 272 g/mol. The van der Waals surface area contributed by atoms with Crippen LogP contribution in [0.25, 0.3) is 0 Å². The molecule has 1 aromatic heterocycles. The lowest BCUT2D eigenvalue weighted by molar-refractivity contribution is -0.145. The van der Waals surface area contributed by atoms with Crippen molar-refractivity contribution in [2.45, 2.75) is 38.8 Å². The van der Waals surface area contributed by atoms with Gasteiger partial charge in [0.05, 0.1) is 6.33 Å². The van der Waals surface area contributed by atoms with Crippen molar-refractivity contribution in [2.75, 3.05) is 0 Å². The molecule has 0 N–H and O–H groups in total. The summed E-state index contributed by atoms with van der Waals surface area (Å²) in [6, 6.07) is 9.75. The molecule has 0 saturated carbocycles. The van der Waals surface area contributed by atoms with Gasteiger partial charge in [-0.2, -0.15) is 0 Å². The summed E-state index contributed by atoms with van der Waals surface area (Å²) in [4.78, 5) is 15.6. The van der Waals surface area contributed by atoms with Gasteiger partial charge in [-0.3, -0.25) is 4.79 Å². The highest BCUT2D eigenvalue weighted by molar-refractivity contribution is 5.69. The van der Waals surface area contributed by atoms with Crippen LogP contribution in [-0.4, -0.2) is 15.5 Å². The van der Waals surface area contributed by atoms with Crippen LogP contribution in [-0.2, 0) is 22.7 Å². The fourth-order valence-corrected chi connectivity index (χ4v) is 1.97. The van der Waals surface area contributed by atoms with Crippen molar-refractivity contribution in [2.24, 2.45) is 0 Å². The Morgan fingerprint density at radius 3 is 2.75 bits per heavy atom. The van der Waals surface area contributed by atoms with Crippen LogP contribution in [0.15, 0.2) is 49.1 Å². The minimum atomic E-state index is -0.114. The molecule has 0 fully saturated rings. The third kappa shape index (κ3) is 5.26.